The van der Waals surface area contributed by atoms with E-state index >= 15 is 0 Å². The van der Waals surface area contributed by atoms with Gasteiger partial charge in [0, 0.05) is 32.7 Å². The summed E-state index contributed by atoms with van der Waals surface area (Å²) in [6.07, 6.45) is 0.888. The molecule has 7 heteroatoms. The highest BCUT2D eigenvalue weighted by Crippen LogP contribution is 2.18. The fourth-order valence-corrected chi connectivity index (χ4v) is 4.37. The van der Waals surface area contributed by atoms with Crippen LogP contribution in [0.4, 0.5) is 4.39 Å². The Morgan fingerprint density at radius 2 is 1.58 bits per heavy atom. The molecule has 1 aliphatic rings. The van der Waals surface area contributed by atoms with Crippen LogP contribution in [0, 0.1) is 5.82 Å². The molecule has 0 aromatic heterocycles. The molecule has 0 spiro atoms. The van der Waals surface area contributed by atoms with Crippen LogP contribution in [-0.2, 0) is 10.0 Å². The van der Waals surface area contributed by atoms with Crippen molar-refractivity contribution in [1.29, 1.82) is 0 Å². The molecule has 2 aromatic rings. The highest BCUT2D eigenvalue weighted by atomic mass is 32.2. The molecule has 0 aliphatic carbocycles. The first-order chi connectivity index (χ1) is 12.6. The molecule has 140 valence electrons. The topological polar surface area (TPSA) is 49.9 Å². The zero-order valence-electron chi connectivity index (χ0n) is 14.6. The van der Waals surface area contributed by atoms with Crippen LogP contribution >= 0.6 is 0 Å². The summed E-state index contributed by atoms with van der Waals surface area (Å²) >= 11 is 0. The zero-order valence-corrected chi connectivity index (χ0v) is 15.4. The van der Waals surface area contributed by atoms with Crippen LogP contribution in [0.2, 0.25) is 0 Å². The summed E-state index contributed by atoms with van der Waals surface area (Å²) < 4.78 is 45.3. The predicted molar refractivity (Wildman–Crippen MR) is 98.2 cm³/mol. The zero-order chi connectivity index (χ0) is 18.4. The first-order valence-corrected chi connectivity index (χ1v) is 10.2. The lowest BCUT2D eigenvalue weighted by Crippen LogP contribution is -2.48. The predicted octanol–water partition coefficient (Wildman–Crippen LogP) is 2.60. The van der Waals surface area contributed by atoms with E-state index in [4.69, 9.17) is 4.74 Å². The van der Waals surface area contributed by atoms with Gasteiger partial charge in [-0.3, -0.25) is 0 Å². The van der Waals surface area contributed by atoms with Crippen molar-refractivity contribution in [2.75, 3.05) is 39.3 Å². The van der Waals surface area contributed by atoms with E-state index in [9.17, 15) is 12.8 Å². The second kappa shape index (κ2) is 8.62. The van der Waals surface area contributed by atoms with E-state index in [1.165, 1.54) is 28.6 Å². The number of piperazine rings is 1. The van der Waals surface area contributed by atoms with Crippen LogP contribution < -0.4 is 4.74 Å². The van der Waals surface area contributed by atoms with E-state index in [1.54, 1.807) is 0 Å². The van der Waals surface area contributed by atoms with Crippen molar-refractivity contribution in [1.82, 2.24) is 9.21 Å². The number of halogens is 1. The van der Waals surface area contributed by atoms with Crippen molar-refractivity contribution in [3.05, 3.63) is 60.4 Å². The number of ether oxygens (including phenoxy) is 1. The standard InChI is InChI=1S/C19H23FN2O3S/c20-17-7-9-19(10-8-17)26(23,24)22-14-12-21(13-15-22)11-4-16-25-18-5-2-1-3-6-18/h1-3,5-10H,4,11-16H2. The molecule has 2 aromatic carbocycles. The van der Waals surface area contributed by atoms with Gasteiger partial charge in [-0.15, -0.1) is 0 Å². The summed E-state index contributed by atoms with van der Waals surface area (Å²) in [5.41, 5.74) is 0. The van der Waals surface area contributed by atoms with Gasteiger partial charge in [0.25, 0.3) is 0 Å². The third kappa shape index (κ3) is 4.81. The van der Waals surface area contributed by atoms with Crippen molar-refractivity contribution in [3.63, 3.8) is 0 Å². The number of para-hydroxylation sites is 1. The smallest absolute Gasteiger partial charge is 0.243 e. The lowest BCUT2D eigenvalue weighted by atomic mass is 10.3. The number of nitrogens with zero attached hydrogens (tertiary/aromatic N) is 2. The maximum Gasteiger partial charge on any atom is 0.243 e. The van der Waals surface area contributed by atoms with E-state index < -0.39 is 15.8 Å². The van der Waals surface area contributed by atoms with Gasteiger partial charge in [-0.2, -0.15) is 4.31 Å². The van der Waals surface area contributed by atoms with Gasteiger partial charge in [-0.1, -0.05) is 18.2 Å². The Morgan fingerprint density at radius 1 is 0.923 bits per heavy atom. The van der Waals surface area contributed by atoms with Crippen molar-refractivity contribution in [3.8, 4) is 5.75 Å². The molecule has 1 heterocycles. The van der Waals surface area contributed by atoms with E-state index in [1.807, 2.05) is 30.3 Å². The Kier molecular flexibility index (Phi) is 6.24. The quantitative estimate of drug-likeness (QED) is 0.695. The molecular weight excluding hydrogens is 355 g/mol. The summed E-state index contributed by atoms with van der Waals surface area (Å²) in [6.45, 7) is 3.77. The molecule has 0 saturated carbocycles. The largest absolute Gasteiger partial charge is 0.494 e. The van der Waals surface area contributed by atoms with Crippen LogP contribution in [0.1, 0.15) is 6.42 Å². The molecular formula is C19H23FN2O3S. The van der Waals surface area contributed by atoms with Gasteiger partial charge in [0.05, 0.1) is 11.5 Å². The maximum absolute atomic E-state index is 13.0. The third-order valence-corrected chi connectivity index (χ3v) is 6.33. The summed E-state index contributed by atoms with van der Waals surface area (Å²) in [6, 6.07) is 14.7. The van der Waals surface area contributed by atoms with Gasteiger partial charge < -0.3 is 9.64 Å². The van der Waals surface area contributed by atoms with Crippen LogP contribution in [0.3, 0.4) is 0 Å². The van der Waals surface area contributed by atoms with Gasteiger partial charge in [0.15, 0.2) is 0 Å². The Bertz CT molecular complexity index is 789. The molecule has 1 aliphatic heterocycles. The SMILES string of the molecule is O=S(=O)(c1ccc(F)cc1)N1CCN(CCCOc2ccccc2)CC1. The fourth-order valence-electron chi connectivity index (χ4n) is 2.94. The molecule has 1 saturated heterocycles. The number of benzene rings is 2. The molecule has 0 atom stereocenters. The second-order valence-corrected chi connectivity index (χ2v) is 8.15. The average molecular weight is 378 g/mol. The van der Waals surface area contributed by atoms with Crippen LogP contribution in [0.25, 0.3) is 0 Å². The van der Waals surface area contributed by atoms with Gasteiger partial charge in [0.2, 0.25) is 10.0 Å². The Morgan fingerprint density at radius 3 is 2.23 bits per heavy atom. The fraction of sp³-hybridized carbons (Fsp3) is 0.368. The van der Waals surface area contributed by atoms with Crippen LogP contribution in [0.15, 0.2) is 59.5 Å². The minimum Gasteiger partial charge on any atom is -0.494 e. The summed E-state index contributed by atoms with van der Waals surface area (Å²) in [5, 5.41) is 0. The second-order valence-electron chi connectivity index (χ2n) is 6.21. The molecule has 5 nitrogen and oxygen atoms in total. The Labute approximate surface area is 154 Å². The van der Waals surface area contributed by atoms with E-state index in [2.05, 4.69) is 4.90 Å². The summed E-state index contributed by atoms with van der Waals surface area (Å²) in [4.78, 5) is 2.38. The normalized spacial score (nSPS) is 16.5. The lowest BCUT2D eigenvalue weighted by Gasteiger charge is -2.33. The minimum absolute atomic E-state index is 0.142. The number of hydrogen-bond acceptors (Lipinski definition) is 4. The third-order valence-electron chi connectivity index (χ3n) is 4.41. The van der Waals surface area contributed by atoms with E-state index in [0.717, 1.165) is 18.7 Å². The molecule has 3 rings (SSSR count). The van der Waals surface area contributed by atoms with Crippen molar-refractivity contribution in [2.45, 2.75) is 11.3 Å². The number of hydrogen-bond donors (Lipinski definition) is 0. The first-order valence-electron chi connectivity index (χ1n) is 8.72. The lowest BCUT2D eigenvalue weighted by molar-refractivity contribution is 0.174. The van der Waals surface area contributed by atoms with E-state index in [-0.39, 0.29) is 4.90 Å². The van der Waals surface area contributed by atoms with Crippen molar-refractivity contribution >= 4 is 10.0 Å². The minimum atomic E-state index is -3.55. The number of sulfonamides is 1. The van der Waals surface area contributed by atoms with Gasteiger partial charge >= 0.3 is 0 Å². The summed E-state index contributed by atoms with van der Waals surface area (Å²) in [7, 11) is -3.55. The van der Waals surface area contributed by atoms with Gasteiger partial charge in [-0.05, 0) is 42.8 Å². The molecule has 0 radical (unpaired) electrons. The highest BCUT2D eigenvalue weighted by Gasteiger charge is 2.28. The Balaban J connectivity index is 1.43. The monoisotopic (exact) mass is 378 g/mol. The molecule has 26 heavy (non-hydrogen) atoms. The maximum atomic E-state index is 13.0. The molecule has 0 unspecified atom stereocenters. The van der Waals surface area contributed by atoms with Gasteiger partial charge in [-0.25, -0.2) is 12.8 Å². The van der Waals surface area contributed by atoms with Crippen LogP contribution in [0.5, 0.6) is 5.75 Å². The van der Waals surface area contributed by atoms with Crippen molar-refractivity contribution in [2.24, 2.45) is 0 Å². The molecule has 0 amide bonds. The van der Waals surface area contributed by atoms with E-state index in [0.29, 0.717) is 32.8 Å². The van der Waals surface area contributed by atoms with Gasteiger partial charge in [0.1, 0.15) is 11.6 Å². The van der Waals surface area contributed by atoms with Crippen LogP contribution in [-0.4, -0.2) is 57.0 Å². The summed E-state index contributed by atoms with van der Waals surface area (Å²) in [5.74, 6) is 0.425. The van der Waals surface area contributed by atoms with Crippen molar-refractivity contribution < 1.29 is 17.5 Å². The number of rotatable bonds is 7. The average Bonchev–Trinajstić information content (AvgIpc) is 2.67. The highest BCUT2D eigenvalue weighted by molar-refractivity contribution is 7.89. The molecule has 1 fully saturated rings. The molecule has 0 bridgehead atoms. The Hall–Kier alpha value is -1.96. The molecule has 0 N–H and O–H groups in total. The first kappa shape index (κ1) is 18.8.